The van der Waals surface area contributed by atoms with Crippen LogP contribution in [0.5, 0.6) is 0 Å². The highest BCUT2D eigenvalue weighted by Crippen LogP contribution is 2.35. The molecule has 8 nitrogen and oxygen atoms in total. The summed E-state index contributed by atoms with van der Waals surface area (Å²) in [5.41, 5.74) is 2.54. The molecule has 2 aromatic heterocycles. The minimum atomic E-state index is -3.59. The molecule has 0 spiro atoms. The first-order chi connectivity index (χ1) is 15.3. The number of methoxy groups -OCH3 is 1. The van der Waals surface area contributed by atoms with Gasteiger partial charge in [-0.15, -0.1) is 0 Å². The number of nitrogens with one attached hydrogen (secondary N) is 2. The fourth-order valence-corrected chi connectivity index (χ4v) is 6.52. The van der Waals surface area contributed by atoms with E-state index in [1.807, 2.05) is 6.92 Å². The van der Waals surface area contributed by atoms with Gasteiger partial charge in [0.2, 0.25) is 0 Å². The maximum Gasteiger partial charge on any atom is 0.271 e. The van der Waals surface area contributed by atoms with Crippen LogP contribution < -0.4 is 10.9 Å². The van der Waals surface area contributed by atoms with Gasteiger partial charge in [-0.25, -0.2) is 8.42 Å². The molecule has 0 atom stereocenters. The lowest BCUT2D eigenvalue weighted by Crippen LogP contribution is -2.19. The van der Waals surface area contributed by atoms with Crippen molar-refractivity contribution in [2.75, 3.05) is 31.3 Å². The summed E-state index contributed by atoms with van der Waals surface area (Å²) in [7, 11) is -2.01. The lowest BCUT2D eigenvalue weighted by atomic mass is 10.0. The van der Waals surface area contributed by atoms with Crippen LogP contribution in [-0.4, -0.2) is 44.6 Å². The van der Waals surface area contributed by atoms with Crippen molar-refractivity contribution in [1.29, 1.82) is 0 Å². The lowest BCUT2D eigenvalue weighted by molar-refractivity contribution is 0.211. The van der Waals surface area contributed by atoms with Gasteiger partial charge in [-0.2, -0.15) is 0 Å². The summed E-state index contributed by atoms with van der Waals surface area (Å²) >= 11 is 0. The Bertz CT molecular complexity index is 1270. The number of fused-ring (bicyclic) bond motifs is 1. The van der Waals surface area contributed by atoms with Gasteiger partial charge >= 0.3 is 0 Å². The molecule has 0 saturated heterocycles. The number of H-pyrrole nitrogens is 1. The second-order valence-corrected chi connectivity index (χ2v) is 10.5. The van der Waals surface area contributed by atoms with Crippen LogP contribution >= 0.6 is 0 Å². The summed E-state index contributed by atoms with van der Waals surface area (Å²) in [6, 6.07) is 5.11. The minimum Gasteiger partial charge on any atom is -0.383 e. The molecule has 172 valence electrons. The van der Waals surface area contributed by atoms with Crippen LogP contribution in [0.25, 0.3) is 22.0 Å². The summed E-state index contributed by atoms with van der Waals surface area (Å²) < 4.78 is 37.5. The molecule has 0 aliphatic heterocycles. The van der Waals surface area contributed by atoms with E-state index >= 15 is 0 Å². The smallest absolute Gasteiger partial charge is 0.271 e. The molecule has 0 amide bonds. The van der Waals surface area contributed by atoms with Crippen molar-refractivity contribution in [2.24, 2.45) is 5.92 Å². The Morgan fingerprint density at radius 2 is 1.97 bits per heavy atom. The maximum atomic E-state index is 13.6. The Kier molecular flexibility index (Phi) is 6.39. The molecule has 9 heteroatoms. The summed E-state index contributed by atoms with van der Waals surface area (Å²) in [6.45, 7) is 4.47. The van der Waals surface area contributed by atoms with Gasteiger partial charge in [0.1, 0.15) is 11.4 Å². The molecule has 1 aliphatic rings. The summed E-state index contributed by atoms with van der Waals surface area (Å²) in [5.74, 6) is 0.875. The predicted molar refractivity (Wildman–Crippen MR) is 124 cm³/mol. The molecule has 0 radical (unpaired) electrons. The first-order valence-corrected chi connectivity index (χ1v) is 12.6. The van der Waals surface area contributed by atoms with Gasteiger partial charge in [0.25, 0.3) is 5.56 Å². The molecule has 4 rings (SSSR count). The number of rotatable bonds is 8. The van der Waals surface area contributed by atoms with E-state index in [0.29, 0.717) is 46.8 Å². The number of sulfone groups is 1. The number of benzene rings is 1. The average Bonchev–Trinajstić information content (AvgIpc) is 3.36. The number of anilines is 1. The predicted octanol–water partition coefficient (Wildman–Crippen LogP) is 3.82. The zero-order valence-corrected chi connectivity index (χ0v) is 19.5. The van der Waals surface area contributed by atoms with Crippen molar-refractivity contribution in [3.8, 4) is 11.1 Å². The molecule has 1 aromatic carbocycles. The van der Waals surface area contributed by atoms with E-state index < -0.39 is 9.84 Å². The van der Waals surface area contributed by atoms with Crippen molar-refractivity contribution in [3.63, 3.8) is 0 Å². The summed E-state index contributed by atoms with van der Waals surface area (Å²) in [5, 5.41) is 7.53. The Balaban J connectivity index is 1.90. The number of ether oxygens (including phenoxy) is 1. The zero-order chi connectivity index (χ0) is 22.9. The standard InChI is InChI=1S/C23H29N3O5S/c1-14-22(15(2)31-26-14)17-10-19-18(12-20(23(27)25-19)24-8-9-30-3)21(11-17)32(28,29)13-16-6-4-5-7-16/h10-12,16,24H,4-9,13H2,1-3H3,(H,25,27). The number of aromatic amines is 1. The fourth-order valence-electron chi connectivity index (χ4n) is 4.57. The average molecular weight is 460 g/mol. The van der Waals surface area contributed by atoms with E-state index in [-0.39, 0.29) is 22.1 Å². The van der Waals surface area contributed by atoms with Gasteiger partial charge in [-0.1, -0.05) is 18.0 Å². The van der Waals surface area contributed by atoms with Crippen LogP contribution in [0.4, 0.5) is 5.69 Å². The van der Waals surface area contributed by atoms with E-state index in [0.717, 1.165) is 31.2 Å². The highest BCUT2D eigenvalue weighted by atomic mass is 32.2. The summed E-state index contributed by atoms with van der Waals surface area (Å²) in [6.07, 6.45) is 4.00. The quantitative estimate of drug-likeness (QED) is 0.492. The molecular formula is C23H29N3O5S. The molecule has 2 heterocycles. The number of hydrogen-bond donors (Lipinski definition) is 2. The van der Waals surface area contributed by atoms with Gasteiger partial charge in [-0.05, 0) is 56.4 Å². The lowest BCUT2D eigenvalue weighted by Gasteiger charge is -2.15. The Labute approximate surface area is 187 Å². The third-order valence-corrected chi connectivity index (χ3v) is 8.05. The number of aryl methyl sites for hydroxylation is 2. The first kappa shape index (κ1) is 22.5. The molecule has 1 aliphatic carbocycles. The molecule has 1 fully saturated rings. The molecule has 3 aromatic rings. The number of pyridine rings is 1. The van der Waals surface area contributed by atoms with Gasteiger partial charge in [0, 0.05) is 24.6 Å². The number of hydrogen-bond acceptors (Lipinski definition) is 7. The third-order valence-electron chi connectivity index (χ3n) is 6.13. The Morgan fingerprint density at radius 1 is 1.22 bits per heavy atom. The van der Waals surface area contributed by atoms with Crippen molar-refractivity contribution >= 4 is 26.4 Å². The van der Waals surface area contributed by atoms with Crippen molar-refractivity contribution in [2.45, 2.75) is 44.4 Å². The fraction of sp³-hybridized carbons (Fsp3) is 0.478. The van der Waals surface area contributed by atoms with Gasteiger partial charge in [0.15, 0.2) is 9.84 Å². The molecule has 2 N–H and O–H groups in total. The SMILES string of the molecule is COCCNc1cc2c(S(=O)(=O)CC3CCCC3)cc(-c3c(C)noc3C)cc2[nH]c1=O. The highest BCUT2D eigenvalue weighted by Gasteiger charge is 2.27. The molecule has 32 heavy (non-hydrogen) atoms. The monoisotopic (exact) mass is 459 g/mol. The van der Waals surface area contributed by atoms with Crippen LogP contribution in [-0.2, 0) is 14.6 Å². The number of nitrogens with zero attached hydrogens (tertiary/aromatic N) is 1. The van der Waals surface area contributed by atoms with Crippen LogP contribution in [0, 0.1) is 19.8 Å². The van der Waals surface area contributed by atoms with E-state index in [9.17, 15) is 13.2 Å². The third kappa shape index (κ3) is 4.45. The van der Waals surface area contributed by atoms with Crippen molar-refractivity contribution in [1.82, 2.24) is 10.1 Å². The zero-order valence-electron chi connectivity index (χ0n) is 18.7. The Morgan fingerprint density at radius 3 is 2.62 bits per heavy atom. The topological polar surface area (TPSA) is 114 Å². The van der Waals surface area contributed by atoms with Crippen LogP contribution in [0.3, 0.4) is 0 Å². The van der Waals surface area contributed by atoms with E-state index in [4.69, 9.17) is 9.26 Å². The second-order valence-electron chi connectivity index (χ2n) is 8.50. The largest absolute Gasteiger partial charge is 0.383 e. The maximum absolute atomic E-state index is 13.6. The first-order valence-electron chi connectivity index (χ1n) is 10.9. The summed E-state index contributed by atoms with van der Waals surface area (Å²) in [4.78, 5) is 15.7. The van der Waals surface area contributed by atoms with E-state index in [2.05, 4.69) is 15.5 Å². The normalized spacial score (nSPS) is 15.0. The Hall–Kier alpha value is -2.65. The van der Waals surface area contributed by atoms with Gasteiger partial charge in [-0.3, -0.25) is 4.79 Å². The van der Waals surface area contributed by atoms with E-state index in [1.54, 1.807) is 32.2 Å². The van der Waals surface area contributed by atoms with Crippen molar-refractivity contribution in [3.05, 3.63) is 40.0 Å². The van der Waals surface area contributed by atoms with E-state index in [1.165, 1.54) is 0 Å². The van der Waals surface area contributed by atoms with Crippen molar-refractivity contribution < 1.29 is 17.7 Å². The van der Waals surface area contributed by atoms with Crippen LogP contribution in [0.1, 0.15) is 37.1 Å². The van der Waals surface area contributed by atoms with Crippen LogP contribution in [0.15, 0.2) is 32.4 Å². The highest BCUT2D eigenvalue weighted by molar-refractivity contribution is 7.91. The second kappa shape index (κ2) is 9.07. The van der Waals surface area contributed by atoms with Gasteiger partial charge in [0.05, 0.1) is 28.5 Å². The molecular weight excluding hydrogens is 430 g/mol. The van der Waals surface area contributed by atoms with Crippen LogP contribution in [0.2, 0.25) is 0 Å². The molecule has 1 saturated carbocycles. The molecule has 0 unspecified atom stereocenters. The minimum absolute atomic E-state index is 0.110. The number of aromatic nitrogens is 2. The molecule has 0 bridgehead atoms. The van der Waals surface area contributed by atoms with Gasteiger partial charge < -0.3 is 19.6 Å².